The highest BCUT2D eigenvalue weighted by Gasteiger charge is 2.13. The van der Waals surface area contributed by atoms with Crippen LogP contribution in [0.3, 0.4) is 0 Å². The number of thiazole rings is 1. The first-order valence-electron chi connectivity index (χ1n) is 4.98. The van der Waals surface area contributed by atoms with Gasteiger partial charge in [-0.25, -0.2) is 4.98 Å². The number of fused-ring (bicyclic) bond motifs is 1. The summed E-state index contributed by atoms with van der Waals surface area (Å²) in [6.45, 7) is -0.0673. The topological polar surface area (TPSA) is 62.7 Å². The summed E-state index contributed by atoms with van der Waals surface area (Å²) in [5.41, 5.74) is 0.771. The van der Waals surface area contributed by atoms with E-state index in [2.05, 4.69) is 4.98 Å². The molecule has 0 saturated heterocycles. The number of carbonyl (C=O) groups is 1. The van der Waals surface area contributed by atoms with E-state index in [-0.39, 0.29) is 6.54 Å². The molecule has 0 saturated carbocycles. The molecule has 1 N–H and O–H groups in total. The van der Waals surface area contributed by atoms with Gasteiger partial charge in [-0.15, -0.1) is 0 Å². The average molecular weight is 252 g/mol. The number of rotatable bonds is 4. The second kappa shape index (κ2) is 4.58. The Bertz CT molecular complexity index is 553. The van der Waals surface area contributed by atoms with Gasteiger partial charge < -0.3 is 14.7 Å². The molecular weight excluding hydrogens is 240 g/mol. The van der Waals surface area contributed by atoms with Gasteiger partial charge in [0, 0.05) is 7.05 Å². The number of ether oxygens (including phenoxy) is 1. The van der Waals surface area contributed by atoms with Crippen LogP contribution < -0.4 is 9.64 Å². The first kappa shape index (κ1) is 11.7. The van der Waals surface area contributed by atoms with Crippen molar-refractivity contribution in [1.82, 2.24) is 4.98 Å². The Kier molecular flexibility index (Phi) is 3.14. The van der Waals surface area contributed by atoms with E-state index in [1.54, 1.807) is 19.1 Å². The summed E-state index contributed by atoms with van der Waals surface area (Å²) < 4.78 is 6.19. The zero-order valence-electron chi connectivity index (χ0n) is 9.51. The van der Waals surface area contributed by atoms with Gasteiger partial charge in [0.2, 0.25) is 0 Å². The molecule has 0 aliphatic heterocycles. The molecule has 1 aromatic heterocycles. The maximum atomic E-state index is 10.6. The molecule has 17 heavy (non-hydrogen) atoms. The number of benzene rings is 1. The van der Waals surface area contributed by atoms with Crippen molar-refractivity contribution in [3.05, 3.63) is 18.2 Å². The number of para-hydroxylation sites is 1. The Labute approximate surface area is 102 Å². The van der Waals surface area contributed by atoms with Crippen LogP contribution in [0, 0.1) is 0 Å². The smallest absolute Gasteiger partial charge is 0.323 e. The van der Waals surface area contributed by atoms with Gasteiger partial charge in [0.15, 0.2) is 5.13 Å². The van der Waals surface area contributed by atoms with Crippen molar-refractivity contribution in [2.75, 3.05) is 25.6 Å². The van der Waals surface area contributed by atoms with E-state index in [1.165, 1.54) is 11.3 Å². The van der Waals surface area contributed by atoms with E-state index in [4.69, 9.17) is 9.84 Å². The fraction of sp³-hybridized carbons (Fsp3) is 0.273. The summed E-state index contributed by atoms with van der Waals surface area (Å²) in [6.07, 6.45) is 0. The summed E-state index contributed by atoms with van der Waals surface area (Å²) in [7, 11) is 3.30. The lowest BCUT2D eigenvalue weighted by molar-refractivity contribution is -0.135. The molecule has 0 aliphatic rings. The molecule has 0 unspecified atom stereocenters. The molecule has 0 spiro atoms. The Morgan fingerprint density at radius 3 is 3.00 bits per heavy atom. The summed E-state index contributed by atoms with van der Waals surface area (Å²) in [4.78, 5) is 16.6. The number of hydrogen-bond acceptors (Lipinski definition) is 5. The molecule has 0 fully saturated rings. The molecule has 90 valence electrons. The number of methoxy groups -OCH3 is 1. The molecule has 5 nitrogen and oxygen atoms in total. The van der Waals surface area contributed by atoms with Crippen molar-refractivity contribution < 1.29 is 14.6 Å². The van der Waals surface area contributed by atoms with Crippen molar-refractivity contribution in [2.24, 2.45) is 0 Å². The molecule has 2 aromatic rings. The minimum absolute atomic E-state index is 0.0673. The molecule has 0 bridgehead atoms. The zero-order chi connectivity index (χ0) is 12.4. The van der Waals surface area contributed by atoms with Gasteiger partial charge >= 0.3 is 5.97 Å². The predicted octanol–water partition coefficient (Wildman–Crippen LogP) is 1.83. The number of carboxylic acid groups (broad SMARTS) is 1. The maximum Gasteiger partial charge on any atom is 0.323 e. The number of nitrogens with zero attached hydrogens (tertiary/aromatic N) is 2. The third-order valence-electron chi connectivity index (χ3n) is 2.29. The SMILES string of the molecule is COc1cccc2sc(N(C)CC(=O)O)nc12. The Morgan fingerprint density at radius 1 is 1.59 bits per heavy atom. The van der Waals surface area contributed by atoms with E-state index in [9.17, 15) is 4.79 Å². The van der Waals surface area contributed by atoms with Gasteiger partial charge in [-0.05, 0) is 12.1 Å². The van der Waals surface area contributed by atoms with Gasteiger partial charge in [0.25, 0.3) is 0 Å². The van der Waals surface area contributed by atoms with E-state index >= 15 is 0 Å². The quantitative estimate of drug-likeness (QED) is 0.899. The number of aromatic nitrogens is 1. The highest BCUT2D eigenvalue weighted by molar-refractivity contribution is 7.22. The standard InChI is InChI=1S/C11H12N2O3S/c1-13(6-9(14)15)11-12-10-7(16-2)4-3-5-8(10)17-11/h3-5H,6H2,1-2H3,(H,14,15). The molecule has 0 atom stereocenters. The van der Waals surface area contributed by atoms with Crippen molar-refractivity contribution >= 4 is 32.7 Å². The molecule has 6 heteroatoms. The van der Waals surface area contributed by atoms with Crippen LogP contribution in [0.15, 0.2) is 18.2 Å². The summed E-state index contributed by atoms with van der Waals surface area (Å²) in [5, 5.41) is 9.40. The first-order chi connectivity index (χ1) is 8.11. The highest BCUT2D eigenvalue weighted by Crippen LogP contribution is 2.33. The minimum Gasteiger partial charge on any atom is -0.494 e. The van der Waals surface area contributed by atoms with Crippen LogP contribution in [0.2, 0.25) is 0 Å². The van der Waals surface area contributed by atoms with Crippen LogP contribution >= 0.6 is 11.3 Å². The Hall–Kier alpha value is -1.82. The van der Waals surface area contributed by atoms with Gasteiger partial charge in [-0.1, -0.05) is 17.4 Å². The van der Waals surface area contributed by atoms with Crippen molar-refractivity contribution in [3.63, 3.8) is 0 Å². The van der Waals surface area contributed by atoms with Crippen LogP contribution in [0.5, 0.6) is 5.75 Å². The third kappa shape index (κ3) is 2.31. The normalized spacial score (nSPS) is 10.5. The van der Waals surface area contributed by atoms with Crippen molar-refractivity contribution in [3.8, 4) is 5.75 Å². The summed E-state index contributed by atoms with van der Waals surface area (Å²) in [5.74, 6) is -0.174. The molecule has 0 amide bonds. The lowest BCUT2D eigenvalue weighted by atomic mass is 10.3. The third-order valence-corrected chi connectivity index (χ3v) is 3.42. The van der Waals surface area contributed by atoms with Gasteiger partial charge in [-0.3, -0.25) is 4.79 Å². The first-order valence-corrected chi connectivity index (χ1v) is 5.80. The molecule has 2 rings (SSSR count). The van der Waals surface area contributed by atoms with Gasteiger partial charge in [0.05, 0.1) is 11.8 Å². The van der Waals surface area contributed by atoms with E-state index in [1.807, 2.05) is 18.2 Å². The fourth-order valence-corrected chi connectivity index (χ4v) is 2.45. The molecule has 0 aliphatic carbocycles. The Balaban J connectivity index is 2.40. The van der Waals surface area contributed by atoms with Crippen LogP contribution in [-0.2, 0) is 4.79 Å². The lowest BCUT2D eigenvalue weighted by Gasteiger charge is -2.11. The second-order valence-electron chi connectivity index (χ2n) is 3.55. The second-order valence-corrected chi connectivity index (χ2v) is 4.56. The van der Waals surface area contributed by atoms with E-state index in [0.717, 1.165) is 10.2 Å². The van der Waals surface area contributed by atoms with Crippen LogP contribution in [0.4, 0.5) is 5.13 Å². The summed E-state index contributed by atoms with van der Waals surface area (Å²) >= 11 is 1.45. The highest BCUT2D eigenvalue weighted by atomic mass is 32.1. The number of hydrogen-bond donors (Lipinski definition) is 1. The zero-order valence-corrected chi connectivity index (χ0v) is 10.3. The number of aliphatic carboxylic acids is 1. The number of carboxylic acids is 1. The van der Waals surface area contributed by atoms with E-state index < -0.39 is 5.97 Å². The molecule has 1 heterocycles. The van der Waals surface area contributed by atoms with Crippen molar-refractivity contribution in [2.45, 2.75) is 0 Å². The predicted molar refractivity (Wildman–Crippen MR) is 67.1 cm³/mol. The summed E-state index contributed by atoms with van der Waals surface area (Å²) in [6, 6.07) is 5.66. The molecular formula is C11H12N2O3S. The average Bonchev–Trinajstić information content (AvgIpc) is 2.71. The van der Waals surface area contributed by atoms with Crippen molar-refractivity contribution in [1.29, 1.82) is 0 Å². The minimum atomic E-state index is -0.876. The van der Waals surface area contributed by atoms with Crippen LogP contribution in [0.1, 0.15) is 0 Å². The molecule has 1 aromatic carbocycles. The maximum absolute atomic E-state index is 10.6. The Morgan fingerprint density at radius 2 is 2.35 bits per heavy atom. The van der Waals surface area contributed by atoms with Crippen LogP contribution in [-0.4, -0.2) is 36.8 Å². The van der Waals surface area contributed by atoms with Gasteiger partial charge in [0.1, 0.15) is 17.8 Å². The van der Waals surface area contributed by atoms with E-state index in [0.29, 0.717) is 10.9 Å². The monoisotopic (exact) mass is 252 g/mol. The number of likely N-dealkylation sites (N-methyl/N-ethyl adjacent to an activating group) is 1. The van der Waals surface area contributed by atoms with Crippen LogP contribution in [0.25, 0.3) is 10.2 Å². The molecule has 0 radical (unpaired) electrons. The van der Waals surface area contributed by atoms with Gasteiger partial charge in [-0.2, -0.15) is 0 Å². The fourth-order valence-electron chi connectivity index (χ4n) is 1.51. The largest absolute Gasteiger partial charge is 0.494 e. The lowest BCUT2D eigenvalue weighted by Crippen LogP contribution is -2.24. The number of anilines is 1.